The first-order chi connectivity index (χ1) is 13.7. The van der Waals surface area contributed by atoms with Gasteiger partial charge in [0.2, 0.25) is 5.67 Å². The zero-order chi connectivity index (χ0) is 21.1. The number of hydrogen-bond donors (Lipinski definition) is 0. The number of carbonyl (C=O) groups excluding carboxylic acids is 2. The van der Waals surface area contributed by atoms with Crippen LogP contribution < -0.4 is 0 Å². The third-order valence-electron chi connectivity index (χ3n) is 4.77. The minimum atomic E-state index is -2.46. The molecule has 0 radical (unpaired) electrons. The van der Waals surface area contributed by atoms with Gasteiger partial charge in [0.05, 0.1) is 0 Å². The molecule has 2 atom stereocenters. The monoisotopic (exact) mass is 392 g/mol. The van der Waals surface area contributed by atoms with Crippen molar-refractivity contribution in [2.45, 2.75) is 44.4 Å². The Balaban J connectivity index is 2.09. The highest BCUT2D eigenvalue weighted by molar-refractivity contribution is 5.99. The van der Waals surface area contributed by atoms with Gasteiger partial charge < -0.3 is 4.74 Å². The molecule has 2 aromatic rings. The van der Waals surface area contributed by atoms with Crippen LogP contribution in [0.1, 0.15) is 44.2 Å². The van der Waals surface area contributed by atoms with Crippen LogP contribution in [0.15, 0.2) is 78.4 Å². The summed E-state index contributed by atoms with van der Waals surface area (Å²) in [5.41, 5.74) is -1.87. The maximum absolute atomic E-state index is 16.6. The normalized spacial score (nSPS) is 22.4. The number of halogens is 1. The standard InChI is InChI=1S/C25H25FO3/c1-24(2,3)29-23(28)25(26)20(15-14-18-10-6-4-7-11-18)16-21(27)17-22(25)19-12-8-5-9-13-19/h4-16,22H,17H2,1-3H3/b15-14+/t22-,25-/m0/s1. The maximum Gasteiger partial charge on any atom is 0.349 e. The van der Waals surface area contributed by atoms with Crippen molar-refractivity contribution in [2.75, 3.05) is 0 Å². The molecule has 0 aliphatic heterocycles. The second kappa shape index (κ2) is 8.16. The van der Waals surface area contributed by atoms with Crippen molar-refractivity contribution in [3.05, 3.63) is 89.5 Å². The van der Waals surface area contributed by atoms with Crippen molar-refractivity contribution in [1.82, 2.24) is 0 Å². The summed E-state index contributed by atoms with van der Waals surface area (Å²) in [7, 11) is 0. The summed E-state index contributed by atoms with van der Waals surface area (Å²) in [6.07, 6.45) is 4.34. The predicted molar refractivity (Wildman–Crippen MR) is 112 cm³/mol. The summed E-state index contributed by atoms with van der Waals surface area (Å²) in [4.78, 5) is 25.5. The fourth-order valence-corrected chi connectivity index (χ4v) is 3.45. The fourth-order valence-electron chi connectivity index (χ4n) is 3.45. The molecule has 0 N–H and O–H groups in total. The van der Waals surface area contributed by atoms with Crippen LogP contribution in [-0.4, -0.2) is 23.0 Å². The SMILES string of the molecule is CC(C)(C)OC(=O)[C@]1(F)C(/C=C/c2ccccc2)=CC(=O)C[C@H]1c1ccccc1. The quantitative estimate of drug-likeness (QED) is 0.652. The first-order valence-corrected chi connectivity index (χ1v) is 9.65. The van der Waals surface area contributed by atoms with Crippen molar-refractivity contribution in [2.24, 2.45) is 0 Å². The van der Waals surface area contributed by atoms with Crippen LogP contribution in [0.5, 0.6) is 0 Å². The van der Waals surface area contributed by atoms with Crippen molar-refractivity contribution in [3.8, 4) is 0 Å². The summed E-state index contributed by atoms with van der Waals surface area (Å²) in [6, 6.07) is 18.2. The summed E-state index contributed by atoms with van der Waals surface area (Å²) in [5.74, 6) is -2.15. The molecule has 0 saturated carbocycles. The zero-order valence-electron chi connectivity index (χ0n) is 16.9. The van der Waals surface area contributed by atoms with Gasteiger partial charge in [-0.3, -0.25) is 4.79 Å². The molecule has 1 aliphatic carbocycles. The van der Waals surface area contributed by atoms with E-state index in [1.807, 2.05) is 36.4 Å². The highest BCUT2D eigenvalue weighted by Crippen LogP contribution is 2.45. The van der Waals surface area contributed by atoms with E-state index in [4.69, 9.17) is 4.74 Å². The van der Waals surface area contributed by atoms with Gasteiger partial charge in [0.25, 0.3) is 0 Å². The maximum atomic E-state index is 16.6. The molecular weight excluding hydrogens is 367 g/mol. The van der Waals surface area contributed by atoms with Crippen LogP contribution in [0.4, 0.5) is 4.39 Å². The van der Waals surface area contributed by atoms with E-state index < -0.39 is 23.2 Å². The third kappa shape index (κ3) is 4.70. The van der Waals surface area contributed by atoms with Gasteiger partial charge >= 0.3 is 5.97 Å². The lowest BCUT2D eigenvalue weighted by atomic mass is 9.71. The number of alkyl halides is 1. The lowest BCUT2D eigenvalue weighted by molar-refractivity contribution is -0.168. The highest BCUT2D eigenvalue weighted by atomic mass is 19.1. The molecule has 0 unspecified atom stereocenters. The van der Waals surface area contributed by atoms with E-state index in [0.717, 1.165) is 5.56 Å². The van der Waals surface area contributed by atoms with Crippen LogP contribution in [-0.2, 0) is 14.3 Å². The Morgan fingerprint density at radius 2 is 1.62 bits per heavy atom. The van der Waals surface area contributed by atoms with Gasteiger partial charge in [-0.1, -0.05) is 72.8 Å². The van der Waals surface area contributed by atoms with E-state index in [9.17, 15) is 9.59 Å². The molecular formula is C25H25FO3. The lowest BCUT2D eigenvalue weighted by Crippen LogP contribution is -2.48. The largest absolute Gasteiger partial charge is 0.457 e. The van der Waals surface area contributed by atoms with Crippen LogP contribution in [0.3, 0.4) is 0 Å². The molecule has 0 aromatic heterocycles. The molecule has 0 heterocycles. The first-order valence-electron chi connectivity index (χ1n) is 9.65. The molecule has 3 rings (SSSR count). The van der Waals surface area contributed by atoms with Gasteiger partial charge in [0.1, 0.15) is 5.60 Å². The van der Waals surface area contributed by atoms with E-state index in [1.54, 1.807) is 51.1 Å². The third-order valence-corrected chi connectivity index (χ3v) is 4.77. The Morgan fingerprint density at radius 1 is 1.03 bits per heavy atom. The van der Waals surface area contributed by atoms with E-state index in [-0.39, 0.29) is 17.8 Å². The highest BCUT2D eigenvalue weighted by Gasteiger charge is 2.54. The molecule has 0 spiro atoms. The molecule has 0 fully saturated rings. The number of rotatable bonds is 4. The lowest BCUT2D eigenvalue weighted by Gasteiger charge is -2.37. The van der Waals surface area contributed by atoms with Gasteiger partial charge in [-0.2, -0.15) is 0 Å². The van der Waals surface area contributed by atoms with Crippen LogP contribution >= 0.6 is 0 Å². The van der Waals surface area contributed by atoms with Crippen LogP contribution in [0, 0.1) is 0 Å². The fraction of sp³-hybridized carbons (Fsp3) is 0.280. The van der Waals surface area contributed by atoms with Crippen LogP contribution in [0.2, 0.25) is 0 Å². The predicted octanol–water partition coefficient (Wildman–Crippen LogP) is 5.43. The number of allylic oxidation sites excluding steroid dienone is 2. The van der Waals surface area contributed by atoms with Gasteiger partial charge in [0, 0.05) is 17.9 Å². The Bertz CT molecular complexity index is 939. The summed E-state index contributed by atoms with van der Waals surface area (Å²) < 4.78 is 22.1. The first kappa shape index (κ1) is 20.7. The topological polar surface area (TPSA) is 43.4 Å². The number of hydrogen-bond acceptors (Lipinski definition) is 3. The number of ketones is 1. The number of carbonyl (C=O) groups is 2. The number of benzene rings is 2. The Morgan fingerprint density at radius 3 is 2.21 bits per heavy atom. The number of esters is 1. The van der Waals surface area contributed by atoms with E-state index in [2.05, 4.69) is 0 Å². The molecule has 0 amide bonds. The molecule has 29 heavy (non-hydrogen) atoms. The van der Waals surface area contributed by atoms with E-state index >= 15 is 4.39 Å². The average Bonchev–Trinajstić information content (AvgIpc) is 2.68. The minimum absolute atomic E-state index is 0.0145. The van der Waals surface area contributed by atoms with Crippen molar-refractivity contribution < 1.29 is 18.7 Å². The minimum Gasteiger partial charge on any atom is -0.457 e. The van der Waals surface area contributed by atoms with Gasteiger partial charge in [0.15, 0.2) is 5.78 Å². The number of ether oxygens (including phenoxy) is 1. The summed E-state index contributed by atoms with van der Waals surface area (Å²) >= 11 is 0. The molecule has 1 aliphatic rings. The molecule has 3 nitrogen and oxygen atoms in total. The van der Waals surface area contributed by atoms with Crippen molar-refractivity contribution >= 4 is 17.8 Å². The molecule has 0 saturated heterocycles. The Hall–Kier alpha value is -3.01. The van der Waals surface area contributed by atoms with Gasteiger partial charge in [-0.05, 0) is 38.0 Å². The van der Waals surface area contributed by atoms with Gasteiger partial charge in [-0.15, -0.1) is 0 Å². The Labute approximate surface area is 170 Å². The van der Waals surface area contributed by atoms with E-state index in [1.165, 1.54) is 12.2 Å². The second-order valence-electron chi connectivity index (χ2n) is 8.19. The zero-order valence-corrected chi connectivity index (χ0v) is 16.9. The molecule has 0 bridgehead atoms. The summed E-state index contributed by atoms with van der Waals surface area (Å²) in [5, 5.41) is 0. The Kier molecular flexibility index (Phi) is 5.83. The van der Waals surface area contributed by atoms with Gasteiger partial charge in [-0.25, -0.2) is 9.18 Å². The van der Waals surface area contributed by atoms with Crippen molar-refractivity contribution in [1.29, 1.82) is 0 Å². The van der Waals surface area contributed by atoms with Crippen LogP contribution in [0.25, 0.3) is 6.08 Å². The second-order valence-corrected chi connectivity index (χ2v) is 8.19. The molecule has 2 aromatic carbocycles. The average molecular weight is 392 g/mol. The smallest absolute Gasteiger partial charge is 0.349 e. The van der Waals surface area contributed by atoms with Crippen molar-refractivity contribution in [3.63, 3.8) is 0 Å². The van der Waals surface area contributed by atoms with E-state index in [0.29, 0.717) is 5.56 Å². The molecule has 4 heteroatoms. The molecule has 150 valence electrons. The summed E-state index contributed by atoms with van der Waals surface area (Å²) in [6.45, 7) is 5.09.